The minimum atomic E-state index is -0.410. The molecule has 1 aromatic rings. The van der Waals surface area contributed by atoms with Gasteiger partial charge in [0.2, 0.25) is 0 Å². The molecule has 1 aliphatic rings. The molecule has 19 heavy (non-hydrogen) atoms. The smallest absolute Gasteiger partial charge is 0.126 e. The number of benzene rings is 1. The van der Waals surface area contributed by atoms with Crippen molar-refractivity contribution in [3.63, 3.8) is 0 Å². The molecule has 1 aromatic carbocycles. The maximum atomic E-state index is 13.2. The number of halogens is 1. The quantitative estimate of drug-likeness (QED) is 0.551. The number of anilines is 1. The fourth-order valence-corrected chi connectivity index (χ4v) is 3.01. The van der Waals surface area contributed by atoms with Crippen LogP contribution in [-0.2, 0) is 0 Å². The molecule has 1 heterocycles. The molecule has 1 saturated heterocycles. The Kier molecular flexibility index (Phi) is 5.45. The summed E-state index contributed by atoms with van der Waals surface area (Å²) in [5.41, 5.74) is 6.00. The van der Waals surface area contributed by atoms with Crippen molar-refractivity contribution in [3.05, 3.63) is 24.0 Å². The molecule has 4 N–H and O–H groups in total. The van der Waals surface area contributed by atoms with Crippen LogP contribution in [0.4, 0.5) is 10.1 Å². The van der Waals surface area contributed by atoms with Crippen molar-refractivity contribution in [1.29, 1.82) is 0 Å². The summed E-state index contributed by atoms with van der Waals surface area (Å²) in [5.74, 6) is 0.214. The number of β-amino-alcohol motifs (C(OH)–C–C–N with tert-alkyl or cyclic N) is 1. The van der Waals surface area contributed by atoms with E-state index in [-0.39, 0.29) is 5.82 Å². The third-order valence-electron chi connectivity index (χ3n) is 3.01. The third-order valence-corrected chi connectivity index (χ3v) is 4.14. The maximum Gasteiger partial charge on any atom is 0.126 e. The summed E-state index contributed by atoms with van der Waals surface area (Å²) in [6, 6.07) is 4.46. The lowest BCUT2D eigenvalue weighted by Crippen LogP contribution is -2.46. The molecule has 1 atom stereocenters. The minimum Gasteiger partial charge on any atom is -0.399 e. The van der Waals surface area contributed by atoms with E-state index in [1.54, 1.807) is 6.07 Å². The average molecular weight is 285 g/mol. The molecular formula is C13H20FN3OS. The number of aliphatic hydroxyl groups excluding tert-OH is 1. The van der Waals surface area contributed by atoms with E-state index in [1.807, 2.05) is 0 Å². The van der Waals surface area contributed by atoms with Gasteiger partial charge in [0, 0.05) is 49.1 Å². The van der Waals surface area contributed by atoms with Crippen LogP contribution in [0.15, 0.2) is 23.1 Å². The monoisotopic (exact) mass is 285 g/mol. The van der Waals surface area contributed by atoms with Gasteiger partial charge in [-0.2, -0.15) is 0 Å². The predicted molar refractivity (Wildman–Crippen MR) is 76.9 cm³/mol. The van der Waals surface area contributed by atoms with Crippen molar-refractivity contribution >= 4 is 17.4 Å². The number of nitrogens with one attached hydrogen (secondary N) is 1. The predicted octanol–water partition coefficient (Wildman–Crippen LogP) is 0.766. The van der Waals surface area contributed by atoms with Gasteiger partial charge in [-0.1, -0.05) is 0 Å². The van der Waals surface area contributed by atoms with E-state index >= 15 is 0 Å². The van der Waals surface area contributed by atoms with Gasteiger partial charge in [-0.25, -0.2) is 4.39 Å². The van der Waals surface area contributed by atoms with Gasteiger partial charge in [-0.3, -0.25) is 4.90 Å². The SMILES string of the molecule is Nc1cc(F)cc(SCC(O)CN2CCNCC2)c1. The molecule has 106 valence electrons. The minimum absolute atomic E-state index is 0.334. The number of nitrogens with zero attached hydrogens (tertiary/aromatic N) is 1. The highest BCUT2D eigenvalue weighted by Crippen LogP contribution is 2.22. The largest absolute Gasteiger partial charge is 0.399 e. The zero-order valence-corrected chi connectivity index (χ0v) is 11.6. The number of rotatable bonds is 5. The molecule has 0 amide bonds. The van der Waals surface area contributed by atoms with Crippen molar-refractivity contribution in [1.82, 2.24) is 10.2 Å². The zero-order valence-electron chi connectivity index (χ0n) is 10.8. The molecule has 4 nitrogen and oxygen atoms in total. The Bertz CT molecular complexity index is 393. The highest BCUT2D eigenvalue weighted by atomic mass is 32.2. The summed E-state index contributed by atoms with van der Waals surface area (Å²) in [4.78, 5) is 3.00. The first kappa shape index (κ1) is 14.6. The molecule has 2 rings (SSSR count). The van der Waals surface area contributed by atoms with Crippen LogP contribution in [-0.4, -0.2) is 54.6 Å². The highest BCUT2D eigenvalue weighted by Gasteiger charge is 2.14. The van der Waals surface area contributed by atoms with E-state index in [4.69, 9.17) is 5.73 Å². The van der Waals surface area contributed by atoms with Gasteiger partial charge in [-0.05, 0) is 18.2 Å². The second kappa shape index (κ2) is 7.09. The molecule has 0 spiro atoms. The van der Waals surface area contributed by atoms with Crippen LogP contribution in [0.1, 0.15) is 0 Å². The van der Waals surface area contributed by atoms with Gasteiger partial charge in [-0.15, -0.1) is 11.8 Å². The molecule has 0 aromatic heterocycles. The number of nitrogens with two attached hydrogens (primary N) is 1. The fraction of sp³-hybridized carbons (Fsp3) is 0.538. The number of nitrogen functional groups attached to an aromatic ring is 1. The highest BCUT2D eigenvalue weighted by molar-refractivity contribution is 7.99. The number of aliphatic hydroxyl groups is 1. The molecular weight excluding hydrogens is 265 g/mol. The van der Waals surface area contributed by atoms with E-state index in [0.717, 1.165) is 31.1 Å². The zero-order chi connectivity index (χ0) is 13.7. The van der Waals surface area contributed by atoms with Crippen molar-refractivity contribution in [2.75, 3.05) is 44.2 Å². The lowest BCUT2D eigenvalue weighted by molar-refractivity contribution is 0.121. The number of thioether (sulfide) groups is 1. The van der Waals surface area contributed by atoms with Crippen LogP contribution in [0.25, 0.3) is 0 Å². The van der Waals surface area contributed by atoms with Gasteiger partial charge >= 0.3 is 0 Å². The lowest BCUT2D eigenvalue weighted by atomic mass is 10.3. The van der Waals surface area contributed by atoms with E-state index in [0.29, 0.717) is 18.0 Å². The Hall–Kier alpha value is -0.820. The fourth-order valence-electron chi connectivity index (χ4n) is 2.10. The van der Waals surface area contributed by atoms with Gasteiger partial charge in [0.05, 0.1) is 6.10 Å². The Morgan fingerprint density at radius 2 is 2.11 bits per heavy atom. The van der Waals surface area contributed by atoms with E-state index in [9.17, 15) is 9.50 Å². The van der Waals surface area contributed by atoms with E-state index in [2.05, 4.69) is 10.2 Å². The van der Waals surface area contributed by atoms with Crippen molar-refractivity contribution in [2.45, 2.75) is 11.0 Å². The third kappa shape index (κ3) is 4.99. The Balaban J connectivity index is 1.77. The number of hydrogen-bond donors (Lipinski definition) is 3. The molecule has 0 bridgehead atoms. The second-order valence-corrected chi connectivity index (χ2v) is 5.83. The van der Waals surface area contributed by atoms with Crippen LogP contribution in [0, 0.1) is 5.82 Å². The summed E-state index contributed by atoms with van der Waals surface area (Å²) in [6.45, 7) is 4.54. The van der Waals surface area contributed by atoms with E-state index in [1.165, 1.54) is 23.9 Å². The summed E-state index contributed by atoms with van der Waals surface area (Å²) in [6.07, 6.45) is -0.410. The summed E-state index contributed by atoms with van der Waals surface area (Å²) < 4.78 is 13.2. The van der Waals surface area contributed by atoms with Crippen LogP contribution < -0.4 is 11.1 Å². The normalized spacial score (nSPS) is 18.4. The molecule has 0 saturated carbocycles. The van der Waals surface area contributed by atoms with Crippen molar-refractivity contribution in [3.8, 4) is 0 Å². The molecule has 1 unspecified atom stereocenters. The summed E-state index contributed by atoms with van der Waals surface area (Å²) >= 11 is 1.43. The van der Waals surface area contributed by atoms with Crippen LogP contribution in [0.5, 0.6) is 0 Å². The summed E-state index contributed by atoms with van der Waals surface area (Å²) in [7, 11) is 0. The van der Waals surface area contributed by atoms with Crippen LogP contribution in [0.3, 0.4) is 0 Å². The molecule has 6 heteroatoms. The van der Waals surface area contributed by atoms with Crippen molar-refractivity contribution < 1.29 is 9.50 Å². The first-order valence-electron chi connectivity index (χ1n) is 6.43. The van der Waals surface area contributed by atoms with Gasteiger partial charge in [0.25, 0.3) is 0 Å². The van der Waals surface area contributed by atoms with Gasteiger partial charge < -0.3 is 16.2 Å². The van der Waals surface area contributed by atoms with Gasteiger partial charge in [0.15, 0.2) is 0 Å². The Morgan fingerprint density at radius 3 is 2.79 bits per heavy atom. The van der Waals surface area contributed by atoms with Crippen LogP contribution >= 0.6 is 11.8 Å². The van der Waals surface area contributed by atoms with Gasteiger partial charge in [0.1, 0.15) is 5.82 Å². The van der Waals surface area contributed by atoms with Crippen LogP contribution in [0.2, 0.25) is 0 Å². The number of piperazine rings is 1. The molecule has 1 aliphatic heterocycles. The maximum absolute atomic E-state index is 13.2. The molecule has 0 aliphatic carbocycles. The topological polar surface area (TPSA) is 61.5 Å². The first-order chi connectivity index (χ1) is 9.13. The molecule has 0 radical (unpaired) electrons. The van der Waals surface area contributed by atoms with E-state index < -0.39 is 6.10 Å². The lowest BCUT2D eigenvalue weighted by Gasteiger charge is -2.28. The average Bonchev–Trinajstić information content (AvgIpc) is 2.36. The second-order valence-electron chi connectivity index (χ2n) is 4.74. The van der Waals surface area contributed by atoms with Crippen molar-refractivity contribution in [2.24, 2.45) is 0 Å². The molecule has 1 fully saturated rings. The number of hydrogen-bond acceptors (Lipinski definition) is 5. The first-order valence-corrected chi connectivity index (χ1v) is 7.42. The standard InChI is InChI=1S/C13H20FN3OS/c14-10-5-11(15)7-13(6-10)19-9-12(18)8-17-3-1-16-2-4-17/h5-7,12,16,18H,1-4,8-9,15H2. The Labute approximate surface area is 117 Å². The summed E-state index contributed by atoms with van der Waals surface area (Å²) in [5, 5.41) is 13.3. The Morgan fingerprint density at radius 1 is 1.37 bits per heavy atom.